The summed E-state index contributed by atoms with van der Waals surface area (Å²) < 4.78 is 0. The van der Waals surface area contributed by atoms with Crippen LogP contribution in [0.1, 0.15) is 12.6 Å². The summed E-state index contributed by atoms with van der Waals surface area (Å²) in [6, 6.07) is -3.22. The molecule has 1 rings (SSSR count). The summed E-state index contributed by atoms with van der Waals surface area (Å²) in [5.74, 6) is -3.11. The number of amides is 3. The summed E-state index contributed by atoms with van der Waals surface area (Å²) in [7, 11) is 0. The lowest BCUT2D eigenvalue weighted by Crippen LogP contribution is -2.57. The molecule has 0 bridgehead atoms. The summed E-state index contributed by atoms with van der Waals surface area (Å²) in [6.07, 6.45) is 2.93. The molecule has 0 saturated heterocycles. The molecule has 1 aromatic rings. The normalized spacial score (nSPS) is 14.0. The highest BCUT2D eigenvalue weighted by atomic mass is 32.1. The van der Waals surface area contributed by atoms with Crippen molar-refractivity contribution < 1.29 is 24.3 Å². The highest BCUT2D eigenvalue weighted by Crippen LogP contribution is 2.01. The second kappa shape index (κ2) is 10.4. The Kier molecular flexibility index (Phi) is 8.58. The first-order valence-electron chi connectivity index (χ1n) is 7.69. The van der Waals surface area contributed by atoms with E-state index in [2.05, 4.69) is 38.5 Å². The number of aromatic amines is 1. The van der Waals surface area contributed by atoms with Gasteiger partial charge in [-0.05, 0) is 6.92 Å². The van der Waals surface area contributed by atoms with E-state index in [9.17, 15) is 19.2 Å². The Morgan fingerprint density at radius 3 is 2.38 bits per heavy atom. The lowest BCUT2D eigenvalue weighted by Gasteiger charge is -2.22. The Morgan fingerprint density at radius 1 is 1.23 bits per heavy atom. The minimum atomic E-state index is -1.21. The summed E-state index contributed by atoms with van der Waals surface area (Å²) in [5.41, 5.74) is 5.76. The molecule has 3 unspecified atom stereocenters. The molecule has 1 heterocycles. The molecule has 0 spiro atoms. The molecular formula is C14H22N6O5S. The fraction of sp³-hybridized carbons (Fsp3) is 0.500. The van der Waals surface area contributed by atoms with Crippen LogP contribution in [-0.2, 0) is 25.6 Å². The second-order valence-corrected chi connectivity index (χ2v) is 5.78. The number of carbonyl (C=O) groups is 4. The van der Waals surface area contributed by atoms with Gasteiger partial charge in [-0.2, -0.15) is 12.6 Å². The van der Waals surface area contributed by atoms with Crippen LogP contribution in [0, 0.1) is 0 Å². The van der Waals surface area contributed by atoms with E-state index in [4.69, 9.17) is 10.8 Å². The van der Waals surface area contributed by atoms with Crippen LogP contribution in [0.2, 0.25) is 0 Å². The fourth-order valence-electron chi connectivity index (χ4n) is 1.92. The summed E-state index contributed by atoms with van der Waals surface area (Å²) >= 11 is 4.00. The molecule has 1 aromatic heterocycles. The number of carboxylic acid groups (broad SMARTS) is 1. The molecule has 3 atom stereocenters. The molecule has 26 heavy (non-hydrogen) atoms. The van der Waals surface area contributed by atoms with Gasteiger partial charge in [0.2, 0.25) is 17.7 Å². The molecular weight excluding hydrogens is 364 g/mol. The van der Waals surface area contributed by atoms with Crippen molar-refractivity contribution in [3.8, 4) is 0 Å². The zero-order valence-electron chi connectivity index (χ0n) is 14.1. The van der Waals surface area contributed by atoms with Gasteiger partial charge in [-0.15, -0.1) is 0 Å². The first-order valence-corrected chi connectivity index (χ1v) is 8.32. The van der Waals surface area contributed by atoms with Crippen LogP contribution in [0.5, 0.6) is 0 Å². The standard InChI is InChI=1S/C14H22N6O5S/c1-7(14(24)25)18-12(22)9(2-8-4-16-6-17-8)20-13(23)10(5-26)19-11(21)3-15/h4,6-7,9-10,26H,2-3,5,15H2,1H3,(H,16,17)(H,18,22)(H,19,21)(H,20,23)(H,24,25). The van der Waals surface area contributed by atoms with Crippen molar-refractivity contribution in [2.45, 2.75) is 31.5 Å². The third-order valence-electron chi connectivity index (χ3n) is 3.36. The number of carboxylic acids is 1. The smallest absolute Gasteiger partial charge is 0.325 e. The monoisotopic (exact) mass is 386 g/mol. The molecule has 0 aliphatic rings. The lowest BCUT2D eigenvalue weighted by atomic mass is 10.1. The molecule has 0 saturated carbocycles. The maximum absolute atomic E-state index is 12.4. The van der Waals surface area contributed by atoms with Crippen LogP contribution in [0.25, 0.3) is 0 Å². The third-order valence-corrected chi connectivity index (χ3v) is 3.73. The van der Waals surface area contributed by atoms with Gasteiger partial charge in [0.15, 0.2) is 0 Å². The van der Waals surface area contributed by atoms with Gasteiger partial charge in [-0.25, -0.2) is 4.98 Å². The Hall–Kier alpha value is -2.60. The molecule has 0 fully saturated rings. The molecule has 0 aliphatic heterocycles. The Morgan fingerprint density at radius 2 is 1.88 bits per heavy atom. The number of aliphatic carboxylic acids is 1. The molecule has 11 nitrogen and oxygen atoms in total. The number of imidazole rings is 1. The van der Waals surface area contributed by atoms with Crippen molar-refractivity contribution >= 4 is 36.3 Å². The maximum atomic E-state index is 12.4. The topological polar surface area (TPSA) is 179 Å². The Bertz CT molecular complexity index is 638. The highest BCUT2D eigenvalue weighted by Gasteiger charge is 2.28. The second-order valence-electron chi connectivity index (χ2n) is 5.42. The average Bonchev–Trinajstić information content (AvgIpc) is 3.11. The van der Waals surface area contributed by atoms with E-state index < -0.39 is 41.8 Å². The number of nitrogens with zero attached hydrogens (tertiary/aromatic N) is 1. The van der Waals surface area contributed by atoms with Crippen LogP contribution in [0.4, 0.5) is 0 Å². The van der Waals surface area contributed by atoms with E-state index in [-0.39, 0.29) is 18.7 Å². The van der Waals surface area contributed by atoms with Crippen LogP contribution >= 0.6 is 12.6 Å². The van der Waals surface area contributed by atoms with Crippen molar-refractivity contribution in [3.05, 3.63) is 18.2 Å². The van der Waals surface area contributed by atoms with E-state index in [1.54, 1.807) is 0 Å². The van der Waals surface area contributed by atoms with Crippen LogP contribution in [-0.4, -0.2) is 69.2 Å². The zero-order valence-corrected chi connectivity index (χ0v) is 15.0. The minimum Gasteiger partial charge on any atom is -0.480 e. The van der Waals surface area contributed by atoms with Gasteiger partial charge in [0.25, 0.3) is 0 Å². The Labute approximate surface area is 154 Å². The third kappa shape index (κ3) is 6.72. The van der Waals surface area contributed by atoms with E-state index in [0.717, 1.165) is 0 Å². The predicted octanol–water partition coefficient (Wildman–Crippen LogP) is -2.60. The molecule has 144 valence electrons. The van der Waals surface area contributed by atoms with Crippen LogP contribution < -0.4 is 21.7 Å². The van der Waals surface area contributed by atoms with Crippen molar-refractivity contribution in [1.82, 2.24) is 25.9 Å². The van der Waals surface area contributed by atoms with Crippen LogP contribution in [0.15, 0.2) is 12.5 Å². The first kappa shape index (κ1) is 21.4. The number of thiol groups is 1. The fourth-order valence-corrected chi connectivity index (χ4v) is 2.18. The molecule has 0 radical (unpaired) electrons. The quantitative estimate of drug-likeness (QED) is 0.215. The molecule has 0 aliphatic carbocycles. The number of carbonyl (C=O) groups excluding carboxylic acids is 3. The minimum absolute atomic E-state index is 0.0124. The number of nitrogens with one attached hydrogen (secondary N) is 4. The zero-order chi connectivity index (χ0) is 19.7. The number of rotatable bonds is 10. The summed E-state index contributed by atoms with van der Waals surface area (Å²) in [5, 5.41) is 16.1. The highest BCUT2D eigenvalue weighted by molar-refractivity contribution is 7.80. The van der Waals surface area contributed by atoms with Gasteiger partial charge in [-0.1, -0.05) is 0 Å². The number of H-pyrrole nitrogens is 1. The number of hydrogen-bond acceptors (Lipinski definition) is 7. The van der Waals surface area contributed by atoms with Crippen molar-refractivity contribution in [1.29, 1.82) is 0 Å². The predicted molar refractivity (Wildman–Crippen MR) is 94.3 cm³/mol. The summed E-state index contributed by atoms with van der Waals surface area (Å²) in [6.45, 7) is 0.999. The van der Waals surface area contributed by atoms with E-state index >= 15 is 0 Å². The summed E-state index contributed by atoms with van der Waals surface area (Å²) in [4.78, 5) is 53.6. The first-order chi connectivity index (χ1) is 12.3. The Balaban J connectivity index is 2.86. The van der Waals surface area contributed by atoms with Gasteiger partial charge >= 0.3 is 5.97 Å². The van der Waals surface area contributed by atoms with Gasteiger partial charge < -0.3 is 31.8 Å². The largest absolute Gasteiger partial charge is 0.480 e. The van der Waals surface area contributed by atoms with E-state index in [0.29, 0.717) is 5.69 Å². The van der Waals surface area contributed by atoms with E-state index in [1.165, 1.54) is 19.4 Å². The molecule has 7 N–H and O–H groups in total. The lowest BCUT2D eigenvalue weighted by molar-refractivity contribution is -0.141. The number of hydrogen-bond donors (Lipinski definition) is 7. The van der Waals surface area contributed by atoms with Gasteiger partial charge in [0.05, 0.1) is 12.9 Å². The SMILES string of the molecule is CC(NC(=O)C(Cc1cnc[nH]1)NC(=O)C(CS)NC(=O)CN)C(=O)O. The van der Waals surface area contributed by atoms with Gasteiger partial charge in [0.1, 0.15) is 18.1 Å². The molecule has 3 amide bonds. The van der Waals surface area contributed by atoms with E-state index in [1.807, 2.05) is 0 Å². The van der Waals surface area contributed by atoms with Crippen molar-refractivity contribution in [3.63, 3.8) is 0 Å². The molecule has 0 aromatic carbocycles. The maximum Gasteiger partial charge on any atom is 0.325 e. The molecule has 12 heteroatoms. The number of nitrogens with two attached hydrogens (primary N) is 1. The average molecular weight is 386 g/mol. The van der Waals surface area contributed by atoms with Gasteiger partial charge in [0, 0.05) is 24.1 Å². The van der Waals surface area contributed by atoms with Crippen molar-refractivity contribution in [2.24, 2.45) is 5.73 Å². The van der Waals surface area contributed by atoms with Gasteiger partial charge in [-0.3, -0.25) is 19.2 Å². The van der Waals surface area contributed by atoms with Crippen molar-refractivity contribution in [2.75, 3.05) is 12.3 Å². The van der Waals surface area contributed by atoms with Crippen LogP contribution in [0.3, 0.4) is 0 Å². The number of aromatic nitrogens is 2.